The minimum absolute atomic E-state index is 0.0746. The average molecular weight is 664 g/mol. The molecule has 15 heteroatoms. The first-order chi connectivity index (χ1) is 20.3. The molecule has 0 fully saturated rings. The first-order valence-corrected chi connectivity index (χ1v) is 15.6. The molecule has 224 valence electrons. The number of benzene rings is 2. The third-order valence-electron chi connectivity index (χ3n) is 6.26. The number of carbonyl (C=O) groups is 3. The molecule has 4 rings (SSSR count). The second-order valence-corrected chi connectivity index (χ2v) is 12.5. The maximum absolute atomic E-state index is 13.8. The molecule has 0 atom stereocenters. The molecule has 2 heterocycles. The highest BCUT2D eigenvalue weighted by molar-refractivity contribution is 7.92. The number of aromatic nitrogens is 3. The molecule has 0 spiro atoms. The number of nitrogens with zero attached hydrogens (tertiary/aromatic N) is 4. The summed E-state index contributed by atoms with van der Waals surface area (Å²) in [6.45, 7) is 1.58. The van der Waals surface area contributed by atoms with Crippen LogP contribution in [0.25, 0.3) is 5.82 Å². The van der Waals surface area contributed by atoms with Crippen LogP contribution in [0.5, 0.6) is 0 Å². The van der Waals surface area contributed by atoms with Crippen LogP contribution >= 0.6 is 34.8 Å². The van der Waals surface area contributed by atoms with Crippen LogP contribution in [0.2, 0.25) is 15.1 Å². The normalized spacial score (nSPS) is 11.2. The van der Waals surface area contributed by atoms with Gasteiger partial charge in [0.2, 0.25) is 16.4 Å². The Morgan fingerprint density at radius 3 is 2.47 bits per heavy atom. The van der Waals surface area contributed by atoms with E-state index in [0.717, 1.165) is 6.26 Å². The lowest BCUT2D eigenvalue weighted by molar-refractivity contribution is -0.107. The highest BCUT2D eigenvalue weighted by Crippen LogP contribution is 2.31. The van der Waals surface area contributed by atoms with Gasteiger partial charge in [-0.3, -0.25) is 19.1 Å². The van der Waals surface area contributed by atoms with Crippen molar-refractivity contribution >= 4 is 74.3 Å². The van der Waals surface area contributed by atoms with Crippen LogP contribution in [-0.2, 0) is 27.8 Å². The third kappa shape index (κ3) is 7.52. The van der Waals surface area contributed by atoms with E-state index < -0.39 is 21.7 Å². The number of hydrogen-bond acceptors (Lipinski definition) is 7. The summed E-state index contributed by atoms with van der Waals surface area (Å²) in [4.78, 5) is 44.2. The topological polar surface area (TPSA) is 143 Å². The fourth-order valence-corrected chi connectivity index (χ4v) is 5.60. The standard InChI is InChI=1S/C28H25Cl3N6O5S/c1-16-9-18(30)10-21(28(40)32-2)20(16)13-26(39)25-12-19(34-37(25)27-22(31)5-4-8-33-27)14-36(15-38)24-7-6-17(29)11-23(24)35-43(3,41)42/h4-12,15,35H,13-14H2,1-3H3,(H,32,40). The van der Waals surface area contributed by atoms with E-state index in [4.69, 9.17) is 34.8 Å². The fourth-order valence-electron chi connectivity index (χ4n) is 4.39. The number of amides is 2. The molecule has 43 heavy (non-hydrogen) atoms. The Morgan fingerprint density at radius 2 is 1.81 bits per heavy atom. The molecule has 0 saturated heterocycles. The van der Waals surface area contributed by atoms with Gasteiger partial charge in [0.25, 0.3) is 5.91 Å². The lowest BCUT2D eigenvalue weighted by atomic mass is 9.95. The molecular weight excluding hydrogens is 639 g/mol. The summed E-state index contributed by atoms with van der Waals surface area (Å²) in [5.74, 6) is -0.653. The number of rotatable bonds is 11. The highest BCUT2D eigenvalue weighted by atomic mass is 35.5. The fraction of sp³-hybridized carbons (Fsp3) is 0.179. The van der Waals surface area contributed by atoms with Crippen molar-refractivity contribution in [3.63, 3.8) is 0 Å². The summed E-state index contributed by atoms with van der Waals surface area (Å²) in [5, 5.41) is 7.90. The van der Waals surface area contributed by atoms with Crippen LogP contribution < -0.4 is 14.9 Å². The molecule has 0 aliphatic carbocycles. The molecular formula is C28H25Cl3N6O5S. The van der Waals surface area contributed by atoms with E-state index in [0.29, 0.717) is 22.6 Å². The quantitative estimate of drug-likeness (QED) is 0.172. The first kappa shape index (κ1) is 32.0. The van der Waals surface area contributed by atoms with Gasteiger partial charge in [-0.1, -0.05) is 34.8 Å². The number of carbonyl (C=O) groups excluding carboxylic acids is 3. The minimum Gasteiger partial charge on any atom is -0.355 e. The number of aryl methyl sites for hydroxylation is 1. The van der Waals surface area contributed by atoms with E-state index in [1.54, 1.807) is 25.1 Å². The Labute approximate surface area is 262 Å². The smallest absolute Gasteiger partial charge is 0.251 e. The number of sulfonamides is 1. The van der Waals surface area contributed by atoms with Gasteiger partial charge in [-0.15, -0.1) is 0 Å². The van der Waals surface area contributed by atoms with Crippen molar-refractivity contribution in [2.45, 2.75) is 19.9 Å². The number of nitrogens with one attached hydrogen (secondary N) is 2. The lowest BCUT2D eigenvalue weighted by Gasteiger charge is -2.20. The Bertz CT molecular complexity index is 1840. The largest absolute Gasteiger partial charge is 0.355 e. The maximum Gasteiger partial charge on any atom is 0.251 e. The maximum atomic E-state index is 13.8. The van der Waals surface area contributed by atoms with Gasteiger partial charge in [0.05, 0.1) is 34.9 Å². The Hall–Kier alpha value is -3.97. The zero-order valence-corrected chi connectivity index (χ0v) is 26.1. The third-order valence-corrected chi connectivity index (χ3v) is 7.59. The molecule has 0 radical (unpaired) electrons. The van der Waals surface area contributed by atoms with E-state index in [9.17, 15) is 22.8 Å². The molecule has 2 amide bonds. The van der Waals surface area contributed by atoms with E-state index in [1.165, 1.54) is 53.2 Å². The molecule has 2 aromatic carbocycles. The number of ketones is 1. The number of Topliss-reactive ketones (excluding diaryl/α,β-unsaturated/α-hetero) is 1. The molecule has 11 nitrogen and oxygen atoms in total. The van der Waals surface area contributed by atoms with Crippen molar-refractivity contribution in [1.29, 1.82) is 0 Å². The van der Waals surface area contributed by atoms with E-state index >= 15 is 0 Å². The SMILES string of the molecule is CNC(=O)c1cc(Cl)cc(C)c1CC(=O)c1cc(CN(C=O)c2ccc(Cl)cc2NS(C)(=O)=O)nn1-c1ncccc1Cl. The Kier molecular flexibility index (Phi) is 9.75. The molecule has 0 unspecified atom stereocenters. The van der Waals surface area contributed by atoms with E-state index in [1.807, 2.05) is 0 Å². The van der Waals surface area contributed by atoms with Crippen molar-refractivity contribution in [2.75, 3.05) is 22.9 Å². The van der Waals surface area contributed by atoms with Crippen LogP contribution in [0.1, 0.15) is 37.7 Å². The van der Waals surface area contributed by atoms with Crippen molar-refractivity contribution in [3.8, 4) is 5.82 Å². The van der Waals surface area contributed by atoms with Gasteiger partial charge in [-0.05, 0) is 66.6 Å². The van der Waals surface area contributed by atoms with Crippen LogP contribution in [0.15, 0.2) is 54.7 Å². The van der Waals surface area contributed by atoms with Crippen LogP contribution in [0.4, 0.5) is 11.4 Å². The van der Waals surface area contributed by atoms with Crippen LogP contribution in [0, 0.1) is 6.92 Å². The molecule has 0 saturated carbocycles. The van der Waals surface area contributed by atoms with Crippen LogP contribution in [-0.4, -0.2) is 54.6 Å². The van der Waals surface area contributed by atoms with Crippen molar-refractivity contribution < 1.29 is 22.8 Å². The van der Waals surface area contributed by atoms with Crippen molar-refractivity contribution in [1.82, 2.24) is 20.1 Å². The zero-order valence-electron chi connectivity index (χ0n) is 23.1. The van der Waals surface area contributed by atoms with E-state index in [2.05, 4.69) is 20.1 Å². The van der Waals surface area contributed by atoms with Gasteiger partial charge in [0.15, 0.2) is 11.6 Å². The van der Waals surface area contributed by atoms with Gasteiger partial charge in [-0.2, -0.15) is 5.10 Å². The van der Waals surface area contributed by atoms with Gasteiger partial charge < -0.3 is 10.2 Å². The van der Waals surface area contributed by atoms with Crippen molar-refractivity contribution in [3.05, 3.63) is 97.9 Å². The molecule has 4 aromatic rings. The molecule has 2 aromatic heterocycles. The highest BCUT2D eigenvalue weighted by Gasteiger charge is 2.24. The summed E-state index contributed by atoms with van der Waals surface area (Å²) < 4.78 is 27.5. The number of hydrogen-bond donors (Lipinski definition) is 2. The average Bonchev–Trinajstić information content (AvgIpc) is 3.36. The Balaban J connectivity index is 1.79. The van der Waals surface area contributed by atoms with Crippen LogP contribution in [0.3, 0.4) is 0 Å². The molecule has 0 aliphatic rings. The minimum atomic E-state index is -3.71. The summed E-state index contributed by atoms with van der Waals surface area (Å²) in [7, 11) is -2.23. The summed E-state index contributed by atoms with van der Waals surface area (Å²) in [6, 6.07) is 12.2. The van der Waals surface area contributed by atoms with Gasteiger partial charge in [0.1, 0.15) is 5.69 Å². The second-order valence-electron chi connectivity index (χ2n) is 9.44. The van der Waals surface area contributed by atoms with Gasteiger partial charge in [0, 0.05) is 35.3 Å². The van der Waals surface area contributed by atoms with Gasteiger partial charge in [-0.25, -0.2) is 18.1 Å². The number of pyridine rings is 1. The lowest BCUT2D eigenvalue weighted by Crippen LogP contribution is -2.23. The Morgan fingerprint density at radius 1 is 1.07 bits per heavy atom. The summed E-state index contributed by atoms with van der Waals surface area (Å²) in [6.07, 6.45) is 2.77. The molecule has 2 N–H and O–H groups in total. The second kappa shape index (κ2) is 13.1. The predicted molar refractivity (Wildman–Crippen MR) is 166 cm³/mol. The number of halogens is 3. The predicted octanol–water partition coefficient (Wildman–Crippen LogP) is 4.86. The summed E-state index contributed by atoms with van der Waals surface area (Å²) >= 11 is 18.7. The summed E-state index contributed by atoms with van der Waals surface area (Å²) in [5.41, 5.74) is 2.00. The first-order valence-electron chi connectivity index (χ1n) is 12.5. The van der Waals surface area contributed by atoms with Gasteiger partial charge >= 0.3 is 0 Å². The molecule has 0 bridgehead atoms. The monoisotopic (exact) mass is 662 g/mol. The van der Waals surface area contributed by atoms with E-state index in [-0.39, 0.29) is 57.2 Å². The number of anilines is 2. The zero-order chi connectivity index (χ0) is 31.5. The van der Waals surface area contributed by atoms with Crippen molar-refractivity contribution in [2.24, 2.45) is 0 Å². The molecule has 0 aliphatic heterocycles.